The average Bonchev–Trinajstić information content (AvgIpc) is 3.08. The first-order valence-corrected chi connectivity index (χ1v) is 9.48. The van der Waals surface area contributed by atoms with Crippen LogP contribution in [0.4, 0.5) is 0 Å². The van der Waals surface area contributed by atoms with Gasteiger partial charge in [-0.2, -0.15) is 0 Å². The first-order valence-electron chi connectivity index (χ1n) is 8.69. The number of fused-ring (bicyclic) bond motifs is 1. The van der Waals surface area contributed by atoms with Crippen LogP contribution in [0.2, 0.25) is 0 Å². The normalized spacial score (nSPS) is 10.8. The molecule has 0 spiro atoms. The van der Waals surface area contributed by atoms with E-state index in [1.165, 1.54) is 21.3 Å². The summed E-state index contributed by atoms with van der Waals surface area (Å²) in [4.78, 5) is 17.3. The minimum Gasteiger partial charge on any atom is -0.493 e. The number of methoxy groups -OCH3 is 3. The van der Waals surface area contributed by atoms with Crippen molar-refractivity contribution in [1.29, 1.82) is 0 Å². The van der Waals surface area contributed by atoms with Crippen LogP contribution in [0.3, 0.4) is 0 Å². The molecule has 0 bridgehead atoms. The lowest BCUT2D eigenvalue weighted by Crippen LogP contribution is -2.26. The molecular formula is C20H22BrN3O4. The molecule has 1 N–H and O–H groups in total. The Labute approximate surface area is 171 Å². The number of hydrogen-bond donors (Lipinski definition) is 1. The SMILES string of the molecule is COc1cc(C(=O)NCCc2cn3ccc(C)cc3n2)c(Br)c(OC)c1OC. The van der Waals surface area contributed by atoms with Gasteiger partial charge in [-0.25, -0.2) is 4.98 Å². The molecule has 1 aromatic carbocycles. The van der Waals surface area contributed by atoms with E-state index in [2.05, 4.69) is 26.2 Å². The zero-order chi connectivity index (χ0) is 20.3. The molecule has 2 heterocycles. The number of pyridine rings is 1. The maximum absolute atomic E-state index is 12.7. The molecule has 148 valence electrons. The summed E-state index contributed by atoms with van der Waals surface area (Å²) in [6, 6.07) is 5.67. The van der Waals surface area contributed by atoms with Crippen molar-refractivity contribution < 1.29 is 19.0 Å². The van der Waals surface area contributed by atoms with E-state index >= 15 is 0 Å². The van der Waals surface area contributed by atoms with Crippen molar-refractivity contribution >= 4 is 27.5 Å². The van der Waals surface area contributed by atoms with Crippen LogP contribution in [0.1, 0.15) is 21.6 Å². The largest absolute Gasteiger partial charge is 0.493 e. The van der Waals surface area contributed by atoms with Crippen molar-refractivity contribution in [1.82, 2.24) is 14.7 Å². The maximum atomic E-state index is 12.7. The molecule has 2 aromatic heterocycles. The van der Waals surface area contributed by atoms with Crippen molar-refractivity contribution in [3.05, 3.63) is 51.9 Å². The lowest BCUT2D eigenvalue weighted by Gasteiger charge is -2.16. The van der Waals surface area contributed by atoms with Crippen LogP contribution in [0.5, 0.6) is 17.2 Å². The highest BCUT2D eigenvalue weighted by molar-refractivity contribution is 9.10. The van der Waals surface area contributed by atoms with Crippen LogP contribution < -0.4 is 19.5 Å². The molecule has 0 aliphatic rings. The fourth-order valence-corrected chi connectivity index (χ4v) is 3.58. The van der Waals surface area contributed by atoms with Crippen molar-refractivity contribution in [2.75, 3.05) is 27.9 Å². The lowest BCUT2D eigenvalue weighted by atomic mass is 10.1. The molecule has 1 amide bonds. The van der Waals surface area contributed by atoms with Gasteiger partial charge in [-0.3, -0.25) is 4.79 Å². The van der Waals surface area contributed by atoms with Gasteiger partial charge in [0.1, 0.15) is 5.65 Å². The molecule has 0 saturated carbocycles. The van der Waals surface area contributed by atoms with E-state index in [4.69, 9.17) is 14.2 Å². The van der Waals surface area contributed by atoms with Crippen molar-refractivity contribution in [3.63, 3.8) is 0 Å². The van der Waals surface area contributed by atoms with Gasteiger partial charge in [0.25, 0.3) is 5.91 Å². The standard InChI is InChI=1S/C20H22BrN3O4/c1-12-6-8-24-11-13(23-16(24)9-12)5-7-22-20(25)14-10-15(26-2)18(27-3)19(28-4)17(14)21/h6,8-11H,5,7H2,1-4H3,(H,22,25). The summed E-state index contributed by atoms with van der Waals surface area (Å²) in [6.07, 6.45) is 4.57. The van der Waals surface area contributed by atoms with Gasteiger partial charge >= 0.3 is 0 Å². The number of aromatic nitrogens is 2. The Morgan fingerprint density at radius 1 is 1.18 bits per heavy atom. The monoisotopic (exact) mass is 447 g/mol. The maximum Gasteiger partial charge on any atom is 0.252 e. The van der Waals surface area contributed by atoms with E-state index in [1.807, 2.05) is 35.9 Å². The lowest BCUT2D eigenvalue weighted by molar-refractivity contribution is 0.0952. The Kier molecular flexibility index (Phi) is 6.08. The zero-order valence-corrected chi connectivity index (χ0v) is 17.8. The van der Waals surface area contributed by atoms with Gasteiger partial charge < -0.3 is 23.9 Å². The Bertz CT molecular complexity index is 1020. The van der Waals surface area contributed by atoms with Crippen LogP contribution in [-0.2, 0) is 6.42 Å². The number of hydrogen-bond acceptors (Lipinski definition) is 5. The van der Waals surface area contributed by atoms with Crippen molar-refractivity contribution in [2.45, 2.75) is 13.3 Å². The van der Waals surface area contributed by atoms with E-state index in [1.54, 1.807) is 6.07 Å². The fraction of sp³-hybridized carbons (Fsp3) is 0.300. The first kappa shape index (κ1) is 20.0. The predicted octanol–water partition coefficient (Wildman–Crippen LogP) is 3.40. The Hall–Kier alpha value is -2.74. The third-order valence-electron chi connectivity index (χ3n) is 4.35. The number of benzene rings is 1. The molecule has 3 rings (SSSR count). The summed E-state index contributed by atoms with van der Waals surface area (Å²) in [7, 11) is 4.54. The first-order chi connectivity index (χ1) is 13.5. The molecule has 8 heteroatoms. The van der Waals surface area contributed by atoms with Crippen molar-refractivity contribution in [2.24, 2.45) is 0 Å². The number of nitrogens with one attached hydrogen (secondary N) is 1. The number of amides is 1. The summed E-state index contributed by atoms with van der Waals surface area (Å²) in [5.74, 6) is 1.00. The molecule has 0 aliphatic heterocycles. The van der Waals surface area contributed by atoms with Gasteiger partial charge in [0.15, 0.2) is 11.5 Å². The number of aryl methyl sites for hydroxylation is 1. The second kappa shape index (κ2) is 8.52. The third-order valence-corrected chi connectivity index (χ3v) is 5.13. The summed E-state index contributed by atoms with van der Waals surface area (Å²) < 4.78 is 18.5. The molecule has 0 saturated heterocycles. The van der Waals surface area contributed by atoms with Crippen molar-refractivity contribution in [3.8, 4) is 17.2 Å². The molecule has 28 heavy (non-hydrogen) atoms. The number of nitrogens with zero attached hydrogens (tertiary/aromatic N) is 2. The summed E-state index contributed by atoms with van der Waals surface area (Å²) in [6.45, 7) is 2.48. The number of imidazole rings is 1. The average molecular weight is 448 g/mol. The van der Waals surface area contributed by atoms with Gasteiger partial charge in [0.2, 0.25) is 5.75 Å². The quantitative estimate of drug-likeness (QED) is 0.600. The highest BCUT2D eigenvalue weighted by atomic mass is 79.9. The second-order valence-corrected chi connectivity index (χ2v) is 7.01. The molecule has 7 nitrogen and oxygen atoms in total. The molecule has 0 unspecified atom stereocenters. The number of halogens is 1. The Balaban J connectivity index is 1.73. The minimum atomic E-state index is -0.245. The summed E-state index contributed by atoms with van der Waals surface area (Å²) in [5.41, 5.74) is 3.37. The predicted molar refractivity (Wildman–Crippen MR) is 110 cm³/mol. The molecule has 0 radical (unpaired) electrons. The highest BCUT2D eigenvalue weighted by Gasteiger charge is 2.22. The highest BCUT2D eigenvalue weighted by Crippen LogP contribution is 2.44. The van der Waals surface area contributed by atoms with Gasteiger partial charge in [-0.15, -0.1) is 0 Å². The zero-order valence-electron chi connectivity index (χ0n) is 16.2. The van der Waals surface area contributed by atoms with Crippen LogP contribution in [-0.4, -0.2) is 43.2 Å². The molecule has 0 fully saturated rings. The molecule has 0 aliphatic carbocycles. The second-order valence-electron chi connectivity index (χ2n) is 6.21. The van der Waals surface area contributed by atoms with Crippen LogP contribution in [0.25, 0.3) is 5.65 Å². The fourth-order valence-electron chi connectivity index (χ4n) is 2.94. The van der Waals surface area contributed by atoms with Gasteiger partial charge in [-0.05, 0) is 46.6 Å². The molecular weight excluding hydrogens is 426 g/mol. The number of rotatable bonds is 7. The summed E-state index contributed by atoms with van der Waals surface area (Å²) >= 11 is 3.43. The van der Waals surface area contributed by atoms with Gasteiger partial charge in [-0.1, -0.05) is 0 Å². The topological polar surface area (TPSA) is 74.1 Å². The Morgan fingerprint density at radius 2 is 1.93 bits per heavy atom. The van der Waals surface area contributed by atoms with Crippen LogP contribution in [0.15, 0.2) is 35.1 Å². The third kappa shape index (κ3) is 3.91. The van der Waals surface area contributed by atoms with Crippen LogP contribution in [0, 0.1) is 6.92 Å². The van der Waals surface area contributed by atoms with E-state index in [9.17, 15) is 4.79 Å². The van der Waals surface area contributed by atoms with Gasteiger partial charge in [0.05, 0.1) is 37.1 Å². The van der Waals surface area contributed by atoms with E-state index in [0.29, 0.717) is 40.3 Å². The van der Waals surface area contributed by atoms with E-state index in [0.717, 1.165) is 16.9 Å². The van der Waals surface area contributed by atoms with E-state index < -0.39 is 0 Å². The number of carbonyl (C=O) groups is 1. The van der Waals surface area contributed by atoms with Crippen LogP contribution >= 0.6 is 15.9 Å². The van der Waals surface area contributed by atoms with E-state index in [-0.39, 0.29) is 5.91 Å². The minimum absolute atomic E-state index is 0.245. The molecule has 3 aromatic rings. The summed E-state index contributed by atoms with van der Waals surface area (Å²) in [5, 5.41) is 2.91. The Morgan fingerprint density at radius 3 is 2.61 bits per heavy atom. The van der Waals surface area contributed by atoms with Gasteiger partial charge in [0, 0.05) is 25.4 Å². The molecule has 0 atom stereocenters. The number of carbonyl (C=O) groups excluding carboxylic acids is 1. The smallest absolute Gasteiger partial charge is 0.252 e. The number of ether oxygens (including phenoxy) is 3.